The molecule has 0 aliphatic carbocycles. The fourth-order valence-electron chi connectivity index (χ4n) is 3.59. The van der Waals surface area contributed by atoms with Crippen molar-refractivity contribution in [1.82, 2.24) is 20.2 Å². The molecular weight excluding hydrogens is 425 g/mol. The number of hydrogen-bond donors (Lipinski definition) is 2. The number of nitrogens with zero attached hydrogens (tertiary/aromatic N) is 3. The van der Waals surface area contributed by atoms with E-state index in [2.05, 4.69) is 20.6 Å². The molecule has 182 valence electrons. The zero-order valence-corrected chi connectivity index (χ0v) is 20.9. The molecule has 10 nitrogen and oxygen atoms in total. The van der Waals surface area contributed by atoms with Crippen LogP contribution in [0.4, 0.5) is 10.7 Å². The van der Waals surface area contributed by atoms with Gasteiger partial charge in [-0.15, -0.1) is 0 Å². The normalized spacial score (nSPS) is 22.7. The van der Waals surface area contributed by atoms with Gasteiger partial charge in [0.25, 0.3) is 0 Å². The zero-order chi connectivity index (χ0) is 24.6. The van der Waals surface area contributed by atoms with Crippen molar-refractivity contribution >= 4 is 30.5 Å². The summed E-state index contributed by atoms with van der Waals surface area (Å²) in [5.74, 6) is 0.330. The maximum Gasteiger partial charge on any atom is 0.498 e. The van der Waals surface area contributed by atoms with E-state index in [4.69, 9.17) is 14.0 Å². The number of rotatable bonds is 5. The van der Waals surface area contributed by atoms with Gasteiger partial charge in [-0.2, -0.15) is 0 Å². The van der Waals surface area contributed by atoms with Gasteiger partial charge in [-0.05, 0) is 61.8 Å². The van der Waals surface area contributed by atoms with E-state index in [0.717, 1.165) is 11.9 Å². The van der Waals surface area contributed by atoms with E-state index in [-0.39, 0.29) is 11.9 Å². The predicted molar refractivity (Wildman–Crippen MR) is 125 cm³/mol. The molecule has 2 saturated heterocycles. The molecule has 0 spiro atoms. The van der Waals surface area contributed by atoms with Gasteiger partial charge >= 0.3 is 13.2 Å². The van der Waals surface area contributed by atoms with Crippen molar-refractivity contribution < 1.29 is 23.6 Å². The minimum atomic E-state index is -0.672. The Morgan fingerprint density at radius 1 is 1.18 bits per heavy atom. The van der Waals surface area contributed by atoms with E-state index in [9.17, 15) is 9.59 Å². The predicted octanol–water partition coefficient (Wildman–Crippen LogP) is 1.70. The van der Waals surface area contributed by atoms with Crippen LogP contribution >= 0.6 is 0 Å². The second-order valence-electron chi connectivity index (χ2n) is 10.7. The van der Waals surface area contributed by atoms with Crippen LogP contribution in [0.2, 0.25) is 0 Å². The quantitative estimate of drug-likeness (QED) is 0.637. The van der Waals surface area contributed by atoms with Gasteiger partial charge in [0.15, 0.2) is 0 Å². The number of carbonyl (C=O) groups is 2. The van der Waals surface area contributed by atoms with Crippen molar-refractivity contribution in [2.75, 3.05) is 18.4 Å². The van der Waals surface area contributed by atoms with E-state index < -0.39 is 36.1 Å². The van der Waals surface area contributed by atoms with Gasteiger partial charge in [0.1, 0.15) is 11.6 Å². The highest BCUT2D eigenvalue weighted by molar-refractivity contribution is 6.61. The molecular formula is C22H36BN5O5. The van der Waals surface area contributed by atoms with Crippen LogP contribution in [0, 0.1) is 0 Å². The minimum Gasteiger partial charge on any atom is -0.444 e. The monoisotopic (exact) mass is 461 g/mol. The van der Waals surface area contributed by atoms with Crippen molar-refractivity contribution in [3.8, 4) is 0 Å². The summed E-state index contributed by atoms with van der Waals surface area (Å²) < 4.78 is 17.3. The number of carbonyl (C=O) groups excluding carboxylic acids is 2. The molecule has 0 aromatic carbocycles. The van der Waals surface area contributed by atoms with Gasteiger partial charge in [-0.25, -0.2) is 14.8 Å². The van der Waals surface area contributed by atoms with E-state index in [0.29, 0.717) is 19.0 Å². The summed E-state index contributed by atoms with van der Waals surface area (Å²) in [4.78, 5) is 35.2. The minimum absolute atomic E-state index is 0.0189. The number of aromatic nitrogens is 2. The molecule has 3 rings (SSSR count). The fourth-order valence-corrected chi connectivity index (χ4v) is 3.59. The Balaban J connectivity index is 1.50. The SMILES string of the molecule is C[C@H](NC(=O)OC(C)(C)C)C(=O)N1CC[C@@H](Nc2ncc(B3OC(C)(C)C(C)(C)O3)cn2)C1. The van der Waals surface area contributed by atoms with Gasteiger partial charge in [0.05, 0.1) is 11.2 Å². The Morgan fingerprint density at radius 3 is 2.30 bits per heavy atom. The number of amides is 2. The van der Waals surface area contributed by atoms with Gasteiger partial charge in [0, 0.05) is 37.0 Å². The van der Waals surface area contributed by atoms with Crippen LogP contribution in [-0.4, -0.2) is 76.0 Å². The number of alkyl carbamates (subject to hydrolysis) is 1. The van der Waals surface area contributed by atoms with Crippen LogP contribution in [0.5, 0.6) is 0 Å². The van der Waals surface area contributed by atoms with Crippen LogP contribution in [0.25, 0.3) is 0 Å². The third kappa shape index (κ3) is 6.14. The molecule has 0 unspecified atom stereocenters. The molecule has 2 aliphatic rings. The number of nitrogens with one attached hydrogen (secondary N) is 2. The second kappa shape index (κ2) is 9.10. The van der Waals surface area contributed by atoms with Crippen molar-refractivity contribution in [3.63, 3.8) is 0 Å². The Kier molecular flexibility index (Phi) is 6.96. The number of hydrogen-bond acceptors (Lipinski definition) is 8. The first-order valence-electron chi connectivity index (χ1n) is 11.4. The molecule has 0 saturated carbocycles. The van der Waals surface area contributed by atoms with Crippen LogP contribution in [-0.2, 0) is 18.8 Å². The Hall–Kier alpha value is -2.40. The summed E-state index contributed by atoms with van der Waals surface area (Å²) in [5.41, 5.74) is -0.717. The van der Waals surface area contributed by atoms with Crippen LogP contribution in [0.3, 0.4) is 0 Å². The number of likely N-dealkylation sites (tertiary alicyclic amines) is 1. The average Bonchev–Trinajstić information content (AvgIpc) is 3.21. The van der Waals surface area contributed by atoms with E-state index in [1.165, 1.54) is 0 Å². The summed E-state index contributed by atoms with van der Waals surface area (Å²) in [7, 11) is -0.511. The van der Waals surface area contributed by atoms with Crippen molar-refractivity contribution in [1.29, 1.82) is 0 Å². The maximum atomic E-state index is 12.7. The summed E-state index contributed by atoms with van der Waals surface area (Å²) in [5, 5.41) is 5.88. The lowest BCUT2D eigenvalue weighted by atomic mass is 9.81. The molecule has 2 N–H and O–H groups in total. The van der Waals surface area contributed by atoms with Gasteiger partial charge < -0.3 is 29.6 Å². The van der Waals surface area contributed by atoms with Crippen molar-refractivity contribution in [2.45, 2.75) is 90.7 Å². The van der Waals surface area contributed by atoms with Crippen LogP contribution in [0.1, 0.15) is 61.8 Å². The Bertz CT molecular complexity index is 855. The fraction of sp³-hybridized carbons (Fsp3) is 0.727. The molecule has 33 heavy (non-hydrogen) atoms. The van der Waals surface area contributed by atoms with Gasteiger partial charge in [-0.3, -0.25) is 4.79 Å². The van der Waals surface area contributed by atoms with E-state index in [1.807, 2.05) is 27.7 Å². The highest BCUT2D eigenvalue weighted by atomic mass is 16.7. The maximum absolute atomic E-state index is 12.7. The second-order valence-corrected chi connectivity index (χ2v) is 10.7. The standard InChI is InChI=1S/C22H36BN5O5/c1-14(26-19(30)31-20(2,3)4)17(29)28-10-9-16(13-28)27-18-24-11-15(12-25-18)23-32-21(5,6)22(7,8)33-23/h11-12,14,16H,9-10,13H2,1-8H3,(H,26,30)(H,24,25,27)/t14-,16+/m0/s1. The summed E-state index contributed by atoms with van der Waals surface area (Å²) in [6, 6.07) is -0.653. The van der Waals surface area contributed by atoms with Gasteiger partial charge in [0.2, 0.25) is 11.9 Å². The van der Waals surface area contributed by atoms with Crippen LogP contribution < -0.4 is 16.1 Å². The molecule has 3 heterocycles. The highest BCUT2D eigenvalue weighted by Crippen LogP contribution is 2.36. The molecule has 1 aromatic rings. The third-order valence-corrected chi connectivity index (χ3v) is 6.13. The molecule has 2 fully saturated rings. The highest BCUT2D eigenvalue weighted by Gasteiger charge is 2.52. The summed E-state index contributed by atoms with van der Waals surface area (Å²) >= 11 is 0. The summed E-state index contributed by atoms with van der Waals surface area (Å²) in [6.07, 6.45) is 3.55. The first-order chi connectivity index (χ1) is 15.2. The molecule has 2 atom stereocenters. The van der Waals surface area contributed by atoms with Gasteiger partial charge in [-0.1, -0.05) is 0 Å². The lowest BCUT2D eigenvalue weighted by Gasteiger charge is -2.32. The lowest BCUT2D eigenvalue weighted by Crippen LogP contribution is -2.47. The van der Waals surface area contributed by atoms with Crippen LogP contribution in [0.15, 0.2) is 12.4 Å². The first-order valence-corrected chi connectivity index (χ1v) is 11.4. The molecule has 0 bridgehead atoms. The first kappa shape index (κ1) is 25.2. The average molecular weight is 461 g/mol. The molecule has 1 aromatic heterocycles. The third-order valence-electron chi connectivity index (χ3n) is 6.13. The zero-order valence-electron chi connectivity index (χ0n) is 20.9. The molecule has 11 heteroatoms. The van der Waals surface area contributed by atoms with Crippen molar-refractivity contribution in [3.05, 3.63) is 12.4 Å². The smallest absolute Gasteiger partial charge is 0.444 e. The number of anilines is 1. The number of ether oxygens (including phenoxy) is 1. The molecule has 2 amide bonds. The topological polar surface area (TPSA) is 115 Å². The van der Waals surface area contributed by atoms with Crippen molar-refractivity contribution in [2.24, 2.45) is 0 Å². The largest absolute Gasteiger partial charge is 0.498 e. The Morgan fingerprint density at radius 2 is 1.76 bits per heavy atom. The Labute approximate surface area is 196 Å². The molecule has 0 radical (unpaired) electrons. The van der Waals surface area contributed by atoms with E-state index >= 15 is 0 Å². The molecule has 2 aliphatic heterocycles. The summed E-state index contributed by atoms with van der Waals surface area (Å²) in [6.45, 7) is 16.1. The van der Waals surface area contributed by atoms with E-state index in [1.54, 1.807) is 45.0 Å². The lowest BCUT2D eigenvalue weighted by molar-refractivity contribution is -0.132.